The normalized spacial score (nSPS) is 14.7. The van der Waals surface area contributed by atoms with Gasteiger partial charge in [-0.15, -0.1) is 0 Å². The van der Waals surface area contributed by atoms with Gasteiger partial charge in [-0.25, -0.2) is 14.4 Å². The second-order valence-corrected chi connectivity index (χ2v) is 5.75. The van der Waals surface area contributed by atoms with Crippen molar-refractivity contribution in [3.63, 3.8) is 0 Å². The third kappa shape index (κ3) is 3.16. The molecule has 25 heavy (non-hydrogen) atoms. The van der Waals surface area contributed by atoms with E-state index < -0.39 is 11.7 Å². The molecule has 0 radical (unpaired) electrons. The summed E-state index contributed by atoms with van der Waals surface area (Å²) in [6.45, 7) is 3.48. The van der Waals surface area contributed by atoms with Crippen LogP contribution >= 0.6 is 0 Å². The zero-order chi connectivity index (χ0) is 17.2. The average Bonchev–Trinajstić information content (AvgIpc) is 3.06. The van der Waals surface area contributed by atoms with Crippen LogP contribution < -0.4 is 15.5 Å². The summed E-state index contributed by atoms with van der Waals surface area (Å²) in [6.07, 6.45) is 4.44. The lowest BCUT2D eigenvalue weighted by atomic mass is 10.1. The molecule has 0 atom stereocenters. The van der Waals surface area contributed by atoms with Crippen LogP contribution in [0.15, 0.2) is 41.3 Å². The van der Waals surface area contributed by atoms with E-state index in [0.717, 1.165) is 26.2 Å². The van der Waals surface area contributed by atoms with E-state index in [4.69, 9.17) is 4.42 Å². The minimum atomic E-state index is -0.424. The number of nitrogens with zero attached hydrogens (tertiary/aromatic N) is 3. The number of rotatable bonds is 3. The molecule has 0 spiro atoms. The highest BCUT2D eigenvalue weighted by Crippen LogP contribution is 2.23. The van der Waals surface area contributed by atoms with Crippen molar-refractivity contribution in [1.82, 2.24) is 15.3 Å². The monoisotopic (exact) mass is 341 g/mol. The van der Waals surface area contributed by atoms with Crippen molar-refractivity contribution >= 4 is 28.5 Å². The number of nitrogens with one attached hydrogen (secondary N) is 2. The van der Waals surface area contributed by atoms with Crippen LogP contribution in [0.4, 0.5) is 16.0 Å². The summed E-state index contributed by atoms with van der Waals surface area (Å²) in [5, 5.41) is 6.40. The number of aromatic nitrogens is 2. The first-order valence-corrected chi connectivity index (χ1v) is 7.96. The van der Waals surface area contributed by atoms with Gasteiger partial charge in [0.2, 0.25) is 5.95 Å². The molecule has 7 nitrogen and oxygen atoms in total. The van der Waals surface area contributed by atoms with Crippen molar-refractivity contribution in [1.29, 1.82) is 0 Å². The third-order valence-electron chi connectivity index (χ3n) is 4.08. The smallest absolute Gasteiger partial charge is 0.259 e. The molecule has 2 aromatic heterocycles. The minimum absolute atomic E-state index is 0.265. The molecule has 0 saturated carbocycles. The van der Waals surface area contributed by atoms with E-state index in [1.807, 2.05) is 0 Å². The van der Waals surface area contributed by atoms with Gasteiger partial charge in [0.15, 0.2) is 0 Å². The molecule has 3 aromatic rings. The van der Waals surface area contributed by atoms with E-state index in [2.05, 4.69) is 25.5 Å². The van der Waals surface area contributed by atoms with Crippen molar-refractivity contribution in [3.8, 4) is 0 Å². The van der Waals surface area contributed by atoms with Crippen LogP contribution in [0.3, 0.4) is 0 Å². The Hall–Kier alpha value is -3.00. The second-order valence-electron chi connectivity index (χ2n) is 5.75. The molecule has 8 heteroatoms. The minimum Gasteiger partial charge on any atom is -0.463 e. The Bertz CT molecular complexity index is 903. The SMILES string of the molecule is O=C(Nc1cnc(N2CCNCC2)nc1)c1coc2ccc(F)cc12. The number of halogens is 1. The quantitative estimate of drug-likeness (QED) is 0.758. The molecule has 1 aromatic carbocycles. The molecule has 128 valence electrons. The summed E-state index contributed by atoms with van der Waals surface area (Å²) < 4.78 is 18.7. The van der Waals surface area contributed by atoms with E-state index >= 15 is 0 Å². The van der Waals surface area contributed by atoms with Crippen LogP contribution in [-0.2, 0) is 0 Å². The van der Waals surface area contributed by atoms with Gasteiger partial charge in [0.1, 0.15) is 17.7 Å². The van der Waals surface area contributed by atoms with Crippen LogP contribution in [0.1, 0.15) is 10.4 Å². The number of furan rings is 1. The van der Waals surface area contributed by atoms with Crippen LogP contribution in [0, 0.1) is 5.82 Å². The highest BCUT2D eigenvalue weighted by atomic mass is 19.1. The third-order valence-corrected chi connectivity index (χ3v) is 4.08. The molecule has 1 saturated heterocycles. The van der Waals surface area contributed by atoms with Gasteiger partial charge in [-0.3, -0.25) is 4.79 Å². The van der Waals surface area contributed by atoms with Gasteiger partial charge in [0.05, 0.1) is 23.6 Å². The Morgan fingerprint density at radius 1 is 1.24 bits per heavy atom. The lowest BCUT2D eigenvalue weighted by Gasteiger charge is -2.27. The lowest BCUT2D eigenvalue weighted by Crippen LogP contribution is -2.44. The Balaban J connectivity index is 1.51. The van der Waals surface area contributed by atoms with Crippen molar-refractivity contribution in [3.05, 3.63) is 48.2 Å². The van der Waals surface area contributed by atoms with E-state index in [1.165, 1.54) is 24.5 Å². The highest BCUT2D eigenvalue weighted by Gasteiger charge is 2.16. The second kappa shape index (κ2) is 6.48. The van der Waals surface area contributed by atoms with Crippen molar-refractivity contribution < 1.29 is 13.6 Å². The van der Waals surface area contributed by atoms with Gasteiger partial charge in [-0.05, 0) is 18.2 Å². The first-order chi connectivity index (χ1) is 12.2. The first kappa shape index (κ1) is 15.5. The topological polar surface area (TPSA) is 83.3 Å². The fraction of sp³-hybridized carbons (Fsp3) is 0.235. The number of piperazine rings is 1. The van der Waals surface area contributed by atoms with Crippen molar-refractivity contribution in [2.45, 2.75) is 0 Å². The van der Waals surface area contributed by atoms with E-state index in [9.17, 15) is 9.18 Å². The summed E-state index contributed by atoms with van der Waals surface area (Å²) in [5.41, 5.74) is 1.19. The molecule has 1 aliphatic heterocycles. The van der Waals surface area contributed by atoms with Crippen LogP contribution in [0.25, 0.3) is 11.0 Å². The number of hydrogen-bond acceptors (Lipinski definition) is 6. The molecule has 0 aliphatic carbocycles. The Kier molecular flexibility index (Phi) is 4.02. The van der Waals surface area contributed by atoms with E-state index in [-0.39, 0.29) is 5.56 Å². The zero-order valence-corrected chi connectivity index (χ0v) is 13.3. The number of amides is 1. The molecule has 1 amide bonds. The maximum Gasteiger partial charge on any atom is 0.259 e. The predicted octanol–water partition coefficient (Wildman–Crippen LogP) is 2.02. The molecule has 2 N–H and O–H groups in total. The largest absolute Gasteiger partial charge is 0.463 e. The number of anilines is 2. The summed E-state index contributed by atoms with van der Waals surface area (Å²) in [4.78, 5) is 23.1. The van der Waals surface area contributed by atoms with Crippen molar-refractivity contribution in [2.24, 2.45) is 0 Å². The summed E-state index contributed by atoms with van der Waals surface area (Å²) in [7, 11) is 0. The fourth-order valence-electron chi connectivity index (χ4n) is 2.79. The zero-order valence-electron chi connectivity index (χ0n) is 13.3. The maximum atomic E-state index is 13.4. The highest BCUT2D eigenvalue weighted by molar-refractivity contribution is 6.12. The van der Waals surface area contributed by atoms with Gasteiger partial charge in [-0.2, -0.15) is 0 Å². The molecule has 0 unspecified atom stereocenters. The van der Waals surface area contributed by atoms with Gasteiger partial charge in [0.25, 0.3) is 5.91 Å². The maximum absolute atomic E-state index is 13.4. The lowest BCUT2D eigenvalue weighted by molar-refractivity contribution is 0.102. The standard InChI is InChI=1S/C17H16FN5O2/c18-11-1-2-15-13(7-11)14(10-25-15)16(24)22-12-8-20-17(21-9-12)23-5-3-19-4-6-23/h1-2,7-10,19H,3-6H2,(H,22,24). The fourth-order valence-corrected chi connectivity index (χ4v) is 2.79. The Labute approximate surface area is 142 Å². The molecule has 1 aliphatic rings. The van der Waals surface area contributed by atoms with Gasteiger partial charge in [-0.1, -0.05) is 0 Å². The van der Waals surface area contributed by atoms with Crippen LogP contribution in [0.5, 0.6) is 0 Å². The number of carbonyl (C=O) groups excluding carboxylic acids is 1. The van der Waals surface area contributed by atoms with E-state index in [0.29, 0.717) is 22.6 Å². The first-order valence-electron chi connectivity index (χ1n) is 7.96. The summed E-state index contributed by atoms with van der Waals surface area (Å²) in [5.74, 6) is -0.190. The molecule has 3 heterocycles. The molecular formula is C17H16FN5O2. The number of benzene rings is 1. The Morgan fingerprint density at radius 2 is 2.00 bits per heavy atom. The van der Waals surface area contributed by atoms with Gasteiger partial charge < -0.3 is 20.0 Å². The Morgan fingerprint density at radius 3 is 2.76 bits per heavy atom. The van der Waals surface area contributed by atoms with Crippen LogP contribution in [0.2, 0.25) is 0 Å². The number of hydrogen-bond donors (Lipinski definition) is 2. The molecule has 0 bridgehead atoms. The molecule has 1 fully saturated rings. The number of carbonyl (C=O) groups is 1. The predicted molar refractivity (Wildman–Crippen MR) is 91.2 cm³/mol. The average molecular weight is 341 g/mol. The van der Waals surface area contributed by atoms with Crippen LogP contribution in [-0.4, -0.2) is 42.1 Å². The van der Waals surface area contributed by atoms with Crippen molar-refractivity contribution in [2.75, 3.05) is 36.4 Å². The van der Waals surface area contributed by atoms with Gasteiger partial charge in [0, 0.05) is 31.6 Å². The van der Waals surface area contributed by atoms with Gasteiger partial charge >= 0.3 is 0 Å². The summed E-state index contributed by atoms with van der Waals surface area (Å²) in [6, 6.07) is 4.06. The van der Waals surface area contributed by atoms with E-state index in [1.54, 1.807) is 12.4 Å². The summed E-state index contributed by atoms with van der Waals surface area (Å²) >= 11 is 0. The number of fused-ring (bicyclic) bond motifs is 1. The molecular weight excluding hydrogens is 325 g/mol. The molecule has 4 rings (SSSR count).